The van der Waals surface area contributed by atoms with E-state index >= 15 is 0 Å². The Hall–Kier alpha value is -4.52. The Morgan fingerprint density at radius 2 is 1.76 bits per heavy atom. The molecule has 10 nitrogen and oxygen atoms in total. The molecule has 0 radical (unpaired) electrons. The third-order valence-corrected chi connectivity index (χ3v) is 13.3. The lowest BCUT2D eigenvalue weighted by atomic mass is 9.55. The average Bonchev–Trinajstić information content (AvgIpc) is 3.30. The van der Waals surface area contributed by atoms with Crippen molar-refractivity contribution in [1.82, 2.24) is 4.90 Å². The summed E-state index contributed by atoms with van der Waals surface area (Å²) in [5.41, 5.74) is 3.58. The number of unbranched alkanes of at least 4 members (excludes halogenated alkanes) is 2. The van der Waals surface area contributed by atoms with Crippen molar-refractivity contribution in [2.75, 3.05) is 45.2 Å². The molecule has 1 fully saturated rings. The molecule has 2 aliphatic carbocycles. The molecule has 0 bridgehead atoms. The zero-order valence-corrected chi connectivity index (χ0v) is 37.3. The number of fused-ring (bicyclic) bond motifs is 3. The van der Waals surface area contributed by atoms with E-state index in [1.807, 2.05) is 73.8 Å². The number of allylic oxidation sites excluding steroid dienone is 1. The van der Waals surface area contributed by atoms with Crippen molar-refractivity contribution in [3.8, 4) is 17.2 Å². The summed E-state index contributed by atoms with van der Waals surface area (Å²) in [7, 11) is 0. The molecule has 1 aliphatic heterocycles. The van der Waals surface area contributed by atoms with Gasteiger partial charge in [0, 0.05) is 36.0 Å². The van der Waals surface area contributed by atoms with Gasteiger partial charge in [-0.1, -0.05) is 72.6 Å². The van der Waals surface area contributed by atoms with Crippen LogP contribution in [0.15, 0.2) is 119 Å². The molecule has 62 heavy (non-hydrogen) atoms. The van der Waals surface area contributed by atoms with Gasteiger partial charge in [0.1, 0.15) is 36.5 Å². The number of thioether (sulfide) groups is 1. The number of alkyl halides is 1. The third kappa shape index (κ3) is 9.82. The van der Waals surface area contributed by atoms with Gasteiger partial charge in [0.25, 0.3) is 0 Å². The number of aliphatic hydroxyl groups excluding tert-OH is 2. The van der Waals surface area contributed by atoms with Crippen LogP contribution in [0.5, 0.6) is 17.2 Å². The highest BCUT2D eigenvalue weighted by Gasteiger charge is 2.65. The van der Waals surface area contributed by atoms with Crippen LogP contribution in [0.1, 0.15) is 68.9 Å². The van der Waals surface area contributed by atoms with Gasteiger partial charge in [0.2, 0.25) is 5.79 Å². The zero-order chi connectivity index (χ0) is 43.5. The van der Waals surface area contributed by atoms with Crippen LogP contribution in [0, 0.1) is 17.8 Å². The highest BCUT2D eigenvalue weighted by molar-refractivity contribution is 7.98. The number of hydrogen-bond acceptors (Lipinski definition) is 10. The molecule has 0 unspecified atom stereocenters. The highest BCUT2D eigenvalue weighted by Crippen LogP contribution is 2.62. The van der Waals surface area contributed by atoms with Gasteiger partial charge in [-0.2, -0.15) is 0 Å². The number of aliphatic hydroxyl groups is 2. The number of ether oxygens (including phenoxy) is 4. The normalized spacial score (nSPS) is 23.1. The smallest absolute Gasteiger partial charge is 0.410 e. The molecule has 7 rings (SSSR count). The lowest BCUT2D eigenvalue weighted by molar-refractivity contribution is -0.256. The van der Waals surface area contributed by atoms with E-state index in [1.165, 1.54) is 0 Å². The quantitative estimate of drug-likeness (QED) is 0.0277. The molecule has 6 atom stereocenters. The average molecular weight is 884 g/mol. The van der Waals surface area contributed by atoms with Crippen molar-refractivity contribution in [2.45, 2.75) is 81.1 Å². The first-order chi connectivity index (χ1) is 30.4. The lowest BCUT2D eigenvalue weighted by Gasteiger charge is -2.59. The number of oxime groups is 1. The Morgan fingerprint density at radius 3 is 2.50 bits per heavy atom. The lowest BCUT2D eigenvalue weighted by Crippen LogP contribution is -2.70. The van der Waals surface area contributed by atoms with Gasteiger partial charge in [0.05, 0.1) is 30.7 Å². The van der Waals surface area contributed by atoms with E-state index in [9.17, 15) is 15.0 Å². The van der Waals surface area contributed by atoms with Crippen LogP contribution in [0.4, 0.5) is 4.79 Å². The van der Waals surface area contributed by atoms with E-state index in [4.69, 9.17) is 40.5 Å². The SMILES string of the molecule is C=CCO[C@@]12Oc3ccc(Oc4ccc(SC)cc4)cc3[C@H]3[C@H](CCCCO)[C@@H](CCCCO)C=C(C(=NOCC)C[C@@H]1N(Cc1cccc4ccccc14)C(=O)OCCCl)[C@H]32. The van der Waals surface area contributed by atoms with Crippen LogP contribution < -0.4 is 9.47 Å². The van der Waals surface area contributed by atoms with Crippen LogP contribution in [-0.2, 0) is 20.9 Å². The largest absolute Gasteiger partial charge is 0.459 e. The molecule has 3 aliphatic rings. The molecule has 4 aromatic carbocycles. The van der Waals surface area contributed by atoms with Crippen molar-refractivity contribution in [3.63, 3.8) is 0 Å². The Balaban J connectivity index is 1.45. The van der Waals surface area contributed by atoms with Crippen LogP contribution in [-0.4, -0.2) is 83.9 Å². The molecule has 1 heterocycles. The summed E-state index contributed by atoms with van der Waals surface area (Å²) in [6.45, 7) is 6.87. The topological polar surface area (TPSA) is 119 Å². The van der Waals surface area contributed by atoms with Crippen molar-refractivity contribution in [1.29, 1.82) is 0 Å². The van der Waals surface area contributed by atoms with Gasteiger partial charge in [-0.15, -0.1) is 29.9 Å². The molecule has 1 amide bonds. The molecular formula is C50H59ClN2O8S. The fourth-order valence-corrected chi connectivity index (χ4v) is 10.2. The summed E-state index contributed by atoms with van der Waals surface area (Å²) >= 11 is 7.82. The zero-order valence-electron chi connectivity index (χ0n) is 35.8. The Labute approximate surface area is 374 Å². The summed E-state index contributed by atoms with van der Waals surface area (Å²) in [6, 6.07) is 27.5. The van der Waals surface area contributed by atoms with Gasteiger partial charge in [-0.05, 0) is 115 Å². The summed E-state index contributed by atoms with van der Waals surface area (Å²) in [5.74, 6) is 0.166. The number of nitrogens with zero attached hydrogens (tertiary/aromatic N) is 2. The first-order valence-corrected chi connectivity index (χ1v) is 23.6. The fraction of sp³-hybridized carbons (Fsp3) is 0.440. The molecule has 0 saturated heterocycles. The maximum atomic E-state index is 14.7. The van der Waals surface area contributed by atoms with Crippen molar-refractivity contribution < 1.29 is 38.8 Å². The predicted octanol–water partition coefficient (Wildman–Crippen LogP) is 10.9. The van der Waals surface area contributed by atoms with E-state index < -0.39 is 23.8 Å². The number of benzene rings is 4. The summed E-state index contributed by atoms with van der Waals surface area (Å²) in [6.07, 6.45) is 10.4. The Kier molecular flexibility index (Phi) is 15.9. The van der Waals surface area contributed by atoms with E-state index in [0.717, 1.165) is 63.8 Å². The predicted molar refractivity (Wildman–Crippen MR) is 246 cm³/mol. The van der Waals surface area contributed by atoms with E-state index in [0.29, 0.717) is 36.7 Å². The van der Waals surface area contributed by atoms with Gasteiger partial charge >= 0.3 is 6.09 Å². The maximum absolute atomic E-state index is 14.7. The van der Waals surface area contributed by atoms with E-state index in [-0.39, 0.29) is 63.0 Å². The first-order valence-electron chi connectivity index (χ1n) is 21.9. The van der Waals surface area contributed by atoms with Crippen molar-refractivity contribution in [2.24, 2.45) is 22.9 Å². The van der Waals surface area contributed by atoms with Crippen molar-refractivity contribution in [3.05, 3.63) is 120 Å². The van der Waals surface area contributed by atoms with Gasteiger partial charge in [-0.25, -0.2) is 4.79 Å². The summed E-state index contributed by atoms with van der Waals surface area (Å²) in [5, 5.41) is 26.8. The number of carbonyl (C=O) groups excluding carboxylic acids is 1. The Bertz CT molecular complexity index is 2190. The van der Waals surface area contributed by atoms with Gasteiger partial charge in [-0.3, -0.25) is 4.90 Å². The number of hydrogen-bond donors (Lipinski definition) is 2. The van der Waals surface area contributed by atoms with Crippen LogP contribution in [0.25, 0.3) is 10.8 Å². The number of halogens is 1. The molecule has 1 saturated carbocycles. The minimum Gasteiger partial charge on any atom is -0.459 e. The fourth-order valence-electron chi connectivity index (χ4n) is 9.76. The van der Waals surface area contributed by atoms with E-state index in [2.05, 4.69) is 36.9 Å². The molecule has 0 spiro atoms. The summed E-state index contributed by atoms with van der Waals surface area (Å²) < 4.78 is 27.0. The standard InChI is InChI=1S/C50H59ClN2O8S/c1-4-28-58-50-46(53(49(56)57-29-25-51)33-36-16-12-15-34-13-6-7-17-40(34)36)32-44(52-59-5-2)42-30-35(14-8-10-26-54)41(18-9-11-27-55)47(48(42)50)43-31-38(21-24-45(43)61-50)60-37-19-22-39(62-3)23-20-37/h4,6-7,12-13,15-17,19-24,30-31,35,41,46-48,54-55H,1,5,8-11,14,18,25-29,32-33H2,2-3H3/t35-,41+,46-,47+,48+,50+/m0/s1. The number of amides is 1. The summed E-state index contributed by atoms with van der Waals surface area (Å²) in [4.78, 5) is 23.5. The van der Waals surface area contributed by atoms with Crippen molar-refractivity contribution >= 4 is 45.9 Å². The second-order valence-electron chi connectivity index (χ2n) is 16.0. The minimum absolute atomic E-state index is 0.0195. The van der Waals surface area contributed by atoms with Gasteiger partial charge in [0.15, 0.2) is 0 Å². The maximum Gasteiger partial charge on any atom is 0.410 e. The molecule has 0 aromatic heterocycles. The van der Waals surface area contributed by atoms with Crippen LogP contribution in [0.2, 0.25) is 0 Å². The third-order valence-electron chi connectivity index (χ3n) is 12.4. The number of rotatable bonds is 21. The Morgan fingerprint density at radius 1 is 1.00 bits per heavy atom. The molecule has 12 heteroatoms. The minimum atomic E-state index is -1.45. The molecule has 330 valence electrons. The number of carbonyl (C=O) groups is 1. The van der Waals surface area contributed by atoms with Crippen LogP contribution >= 0.6 is 23.4 Å². The highest BCUT2D eigenvalue weighted by atomic mass is 35.5. The molecule has 4 aromatic rings. The monoisotopic (exact) mass is 882 g/mol. The molecule has 2 N–H and O–H groups in total. The second kappa shape index (κ2) is 21.7. The van der Waals surface area contributed by atoms with Gasteiger partial charge < -0.3 is 34.0 Å². The van der Waals surface area contributed by atoms with Crippen LogP contribution in [0.3, 0.4) is 0 Å². The second-order valence-corrected chi connectivity index (χ2v) is 17.3. The molecular weight excluding hydrogens is 824 g/mol. The first kappa shape index (κ1) is 45.5. The van der Waals surface area contributed by atoms with E-state index in [1.54, 1.807) is 22.7 Å².